The van der Waals surface area contributed by atoms with Crippen molar-refractivity contribution >= 4 is 49.9 Å². The third-order valence-corrected chi connectivity index (χ3v) is 6.64. The molecule has 2 heterocycles. The molecule has 2 aromatic heterocycles. The lowest BCUT2D eigenvalue weighted by atomic mass is 10.0. The average Bonchev–Trinajstić information content (AvgIpc) is 3.28. The first-order valence-electron chi connectivity index (χ1n) is 9.65. The number of benzene rings is 3. The monoisotopic (exact) mass is 431 g/mol. The van der Waals surface area contributed by atoms with Crippen LogP contribution in [0.4, 0.5) is 0 Å². The molecule has 1 N–H and O–H groups in total. The van der Waals surface area contributed by atoms with Crippen LogP contribution >= 0.6 is 22.9 Å². The Labute approximate surface area is 182 Å². The van der Waals surface area contributed by atoms with Crippen molar-refractivity contribution in [3.05, 3.63) is 94.3 Å². The maximum atomic E-state index is 11.7. The van der Waals surface area contributed by atoms with Crippen LogP contribution in [0.2, 0.25) is 5.02 Å². The first kappa shape index (κ1) is 18.9. The van der Waals surface area contributed by atoms with Gasteiger partial charge in [-0.25, -0.2) is 0 Å². The van der Waals surface area contributed by atoms with E-state index in [4.69, 9.17) is 11.6 Å². The SMILES string of the molecule is O=C(O)Cc1c(-c2ccccc2)n(Cc2csc3ccc(Cl)cc23)c2ccccc12. The third kappa shape index (κ3) is 3.28. The molecule has 0 radical (unpaired) electrons. The fraction of sp³-hybridized carbons (Fsp3) is 0.0800. The first-order valence-corrected chi connectivity index (χ1v) is 10.9. The zero-order valence-electron chi connectivity index (χ0n) is 16.0. The van der Waals surface area contributed by atoms with Gasteiger partial charge in [-0.2, -0.15) is 0 Å². The van der Waals surface area contributed by atoms with Crippen molar-refractivity contribution in [2.45, 2.75) is 13.0 Å². The molecule has 0 unspecified atom stereocenters. The Hall–Kier alpha value is -3.08. The molecule has 0 aliphatic rings. The Morgan fingerprint density at radius 2 is 1.73 bits per heavy atom. The van der Waals surface area contributed by atoms with E-state index in [1.165, 1.54) is 10.3 Å². The summed E-state index contributed by atoms with van der Waals surface area (Å²) in [5.41, 5.74) is 5.04. The third-order valence-electron chi connectivity index (χ3n) is 5.40. The average molecular weight is 432 g/mol. The summed E-state index contributed by atoms with van der Waals surface area (Å²) in [6, 6.07) is 24.0. The highest BCUT2D eigenvalue weighted by Gasteiger charge is 2.21. The van der Waals surface area contributed by atoms with E-state index < -0.39 is 5.97 Å². The van der Waals surface area contributed by atoms with Crippen molar-refractivity contribution in [1.29, 1.82) is 0 Å². The number of halogens is 1. The summed E-state index contributed by atoms with van der Waals surface area (Å²) in [6.45, 7) is 0.644. The van der Waals surface area contributed by atoms with Crippen molar-refractivity contribution in [2.24, 2.45) is 0 Å². The Morgan fingerprint density at radius 1 is 0.967 bits per heavy atom. The van der Waals surface area contributed by atoms with Crippen LogP contribution in [0.25, 0.3) is 32.2 Å². The lowest BCUT2D eigenvalue weighted by Gasteiger charge is -2.12. The number of aromatic nitrogens is 1. The molecule has 30 heavy (non-hydrogen) atoms. The van der Waals surface area contributed by atoms with Crippen LogP contribution in [0.3, 0.4) is 0 Å². The lowest BCUT2D eigenvalue weighted by molar-refractivity contribution is -0.136. The molecule has 0 saturated carbocycles. The van der Waals surface area contributed by atoms with E-state index in [1.807, 2.05) is 66.7 Å². The van der Waals surface area contributed by atoms with Crippen LogP contribution in [-0.4, -0.2) is 15.6 Å². The first-order chi connectivity index (χ1) is 14.6. The van der Waals surface area contributed by atoms with Gasteiger partial charge in [0.15, 0.2) is 0 Å². The fourth-order valence-corrected chi connectivity index (χ4v) is 5.25. The molecule has 0 atom stereocenters. The minimum atomic E-state index is -0.831. The van der Waals surface area contributed by atoms with Crippen molar-refractivity contribution in [3.8, 4) is 11.3 Å². The second-order valence-corrected chi connectivity index (χ2v) is 8.62. The molecule has 5 heteroatoms. The summed E-state index contributed by atoms with van der Waals surface area (Å²) in [7, 11) is 0. The quantitative estimate of drug-likeness (QED) is 0.330. The molecule has 0 amide bonds. The summed E-state index contributed by atoms with van der Waals surface area (Å²) in [4.78, 5) is 11.7. The van der Waals surface area contributed by atoms with Gasteiger partial charge in [-0.3, -0.25) is 4.79 Å². The van der Waals surface area contributed by atoms with Crippen LogP contribution in [0, 0.1) is 0 Å². The van der Waals surface area contributed by atoms with E-state index in [0.29, 0.717) is 6.54 Å². The van der Waals surface area contributed by atoms with E-state index in [2.05, 4.69) is 16.0 Å². The van der Waals surface area contributed by atoms with Gasteiger partial charge < -0.3 is 9.67 Å². The Bertz CT molecular complexity index is 1380. The summed E-state index contributed by atoms with van der Waals surface area (Å²) < 4.78 is 3.43. The van der Waals surface area contributed by atoms with Gasteiger partial charge in [-0.15, -0.1) is 11.3 Å². The predicted molar refractivity (Wildman–Crippen MR) is 125 cm³/mol. The fourth-order valence-electron chi connectivity index (χ4n) is 4.14. The van der Waals surface area contributed by atoms with Crippen LogP contribution in [0.15, 0.2) is 78.2 Å². The van der Waals surface area contributed by atoms with E-state index in [-0.39, 0.29) is 6.42 Å². The molecule has 0 bridgehead atoms. The van der Waals surface area contributed by atoms with E-state index in [9.17, 15) is 9.90 Å². The van der Waals surface area contributed by atoms with Gasteiger partial charge in [0, 0.05) is 27.2 Å². The van der Waals surface area contributed by atoms with Crippen LogP contribution < -0.4 is 0 Å². The molecule has 148 valence electrons. The number of rotatable bonds is 5. The second-order valence-electron chi connectivity index (χ2n) is 7.27. The Balaban J connectivity index is 1.78. The van der Waals surface area contributed by atoms with E-state index >= 15 is 0 Å². The predicted octanol–water partition coefficient (Wildman–Crippen LogP) is 6.85. The summed E-state index contributed by atoms with van der Waals surface area (Å²) in [5, 5.41) is 14.6. The highest BCUT2D eigenvalue weighted by atomic mass is 35.5. The van der Waals surface area contributed by atoms with E-state index in [0.717, 1.165) is 38.1 Å². The number of thiophene rings is 1. The van der Waals surface area contributed by atoms with E-state index in [1.54, 1.807) is 11.3 Å². The summed E-state index contributed by atoms with van der Waals surface area (Å²) in [5.74, 6) is -0.831. The molecule has 3 nitrogen and oxygen atoms in total. The minimum absolute atomic E-state index is 0.0199. The lowest BCUT2D eigenvalue weighted by Crippen LogP contribution is -2.05. The molecular weight excluding hydrogens is 414 g/mol. The molecule has 0 fully saturated rings. The standard InChI is InChI=1S/C25H18ClNO2S/c26-18-10-11-23-20(12-18)17(15-30-23)14-27-22-9-5-4-8-19(22)21(13-24(28)29)25(27)16-6-2-1-3-7-16/h1-12,15H,13-14H2,(H,28,29). The van der Waals surface area contributed by atoms with Gasteiger partial charge in [0.05, 0.1) is 12.1 Å². The largest absolute Gasteiger partial charge is 0.481 e. The van der Waals surface area contributed by atoms with Crippen molar-refractivity contribution in [1.82, 2.24) is 4.57 Å². The molecule has 0 spiro atoms. The van der Waals surface area contributed by atoms with Gasteiger partial charge in [-0.05, 0) is 51.7 Å². The Kier molecular flexibility index (Phi) is 4.81. The number of carboxylic acids is 1. The number of hydrogen-bond donors (Lipinski definition) is 1. The number of carbonyl (C=O) groups is 1. The number of nitrogens with zero attached hydrogens (tertiary/aromatic N) is 1. The molecule has 0 aliphatic carbocycles. The number of fused-ring (bicyclic) bond motifs is 2. The minimum Gasteiger partial charge on any atom is -0.481 e. The van der Waals surface area contributed by atoms with Crippen LogP contribution in [0.1, 0.15) is 11.1 Å². The van der Waals surface area contributed by atoms with Crippen LogP contribution in [-0.2, 0) is 17.8 Å². The number of carboxylic acid groups (broad SMARTS) is 1. The van der Waals surface area contributed by atoms with Gasteiger partial charge in [0.2, 0.25) is 0 Å². The summed E-state index contributed by atoms with van der Waals surface area (Å²) >= 11 is 7.97. The highest BCUT2D eigenvalue weighted by molar-refractivity contribution is 7.17. The van der Waals surface area contributed by atoms with Gasteiger partial charge >= 0.3 is 5.97 Å². The van der Waals surface area contributed by atoms with Crippen molar-refractivity contribution in [3.63, 3.8) is 0 Å². The second kappa shape index (κ2) is 7.63. The van der Waals surface area contributed by atoms with Crippen LogP contribution in [0.5, 0.6) is 0 Å². The zero-order chi connectivity index (χ0) is 20.7. The van der Waals surface area contributed by atoms with Crippen molar-refractivity contribution in [2.75, 3.05) is 0 Å². The number of aliphatic carboxylic acids is 1. The van der Waals surface area contributed by atoms with Crippen molar-refractivity contribution < 1.29 is 9.90 Å². The zero-order valence-corrected chi connectivity index (χ0v) is 17.6. The molecule has 5 rings (SSSR count). The maximum absolute atomic E-state index is 11.7. The van der Waals surface area contributed by atoms with Gasteiger partial charge in [-0.1, -0.05) is 60.1 Å². The molecule has 0 saturated heterocycles. The summed E-state index contributed by atoms with van der Waals surface area (Å²) in [6.07, 6.45) is -0.0199. The van der Waals surface area contributed by atoms with Gasteiger partial charge in [0.1, 0.15) is 0 Å². The molecule has 5 aromatic rings. The number of para-hydroxylation sites is 1. The molecular formula is C25H18ClNO2S. The molecule has 0 aliphatic heterocycles. The number of hydrogen-bond acceptors (Lipinski definition) is 2. The Morgan fingerprint density at radius 3 is 2.53 bits per heavy atom. The molecule has 3 aromatic carbocycles. The maximum Gasteiger partial charge on any atom is 0.307 e. The normalized spacial score (nSPS) is 11.4. The topological polar surface area (TPSA) is 42.2 Å². The highest BCUT2D eigenvalue weighted by Crippen LogP contribution is 2.37. The van der Waals surface area contributed by atoms with Gasteiger partial charge in [0.25, 0.3) is 0 Å². The smallest absolute Gasteiger partial charge is 0.307 e.